The number of nitrogens with one attached hydrogen (secondary N) is 1. The Balaban J connectivity index is 1.58. The van der Waals surface area contributed by atoms with Crippen LogP contribution in [0.4, 0.5) is 0 Å². The van der Waals surface area contributed by atoms with E-state index >= 15 is 0 Å². The highest BCUT2D eigenvalue weighted by atomic mass is 15.5. The lowest BCUT2D eigenvalue weighted by atomic mass is 9.86. The van der Waals surface area contributed by atoms with E-state index in [1.807, 2.05) is 0 Å². The molecule has 0 spiro atoms. The van der Waals surface area contributed by atoms with Crippen LogP contribution in [0, 0.1) is 11.8 Å². The lowest BCUT2D eigenvalue weighted by molar-refractivity contribution is 0.187. The van der Waals surface area contributed by atoms with Crippen molar-refractivity contribution in [1.82, 2.24) is 10.4 Å². The van der Waals surface area contributed by atoms with Crippen molar-refractivity contribution in [3.05, 3.63) is 71.8 Å². The predicted octanol–water partition coefficient (Wildman–Crippen LogP) is 3.89. The molecule has 0 aliphatic carbocycles. The second-order valence-corrected chi connectivity index (χ2v) is 6.49. The van der Waals surface area contributed by atoms with Crippen molar-refractivity contribution in [2.45, 2.75) is 26.3 Å². The molecule has 0 bridgehead atoms. The average molecular weight is 294 g/mol. The predicted molar refractivity (Wildman–Crippen MR) is 92.3 cm³/mol. The summed E-state index contributed by atoms with van der Waals surface area (Å²) in [5.74, 6) is 1.47. The number of hydrogen-bond acceptors (Lipinski definition) is 2. The minimum Gasteiger partial charge on any atom is -0.255 e. The molecule has 0 aromatic heterocycles. The van der Waals surface area contributed by atoms with Gasteiger partial charge in [-0.25, -0.2) is 5.01 Å². The van der Waals surface area contributed by atoms with E-state index in [2.05, 4.69) is 78.0 Å². The van der Waals surface area contributed by atoms with E-state index in [4.69, 9.17) is 0 Å². The van der Waals surface area contributed by atoms with Crippen LogP contribution >= 0.6 is 0 Å². The standard InChI is InChI=1S/C20H26N2/c1-17-12-13-22(16-19-10-6-3-7-11-19)21-15-20(17)14-18-8-4-2-5-9-18/h2-11,17,20-21H,12-16H2,1H3. The Kier molecular flexibility index (Phi) is 5.25. The van der Waals surface area contributed by atoms with E-state index in [1.165, 1.54) is 24.0 Å². The van der Waals surface area contributed by atoms with Gasteiger partial charge in [0.15, 0.2) is 0 Å². The number of hydrazine groups is 1. The zero-order chi connectivity index (χ0) is 15.2. The van der Waals surface area contributed by atoms with E-state index in [0.29, 0.717) is 5.92 Å². The molecule has 2 heteroatoms. The molecule has 2 aromatic rings. The molecule has 1 aliphatic rings. The highest BCUT2D eigenvalue weighted by Crippen LogP contribution is 2.23. The zero-order valence-corrected chi connectivity index (χ0v) is 13.4. The summed E-state index contributed by atoms with van der Waals surface area (Å²) in [6.45, 7) is 5.59. The number of rotatable bonds is 4. The van der Waals surface area contributed by atoms with Gasteiger partial charge in [0.2, 0.25) is 0 Å². The fourth-order valence-electron chi connectivity index (χ4n) is 3.25. The minimum absolute atomic E-state index is 0.711. The Labute approximate surface area is 134 Å². The molecule has 1 heterocycles. The number of benzene rings is 2. The first kappa shape index (κ1) is 15.3. The van der Waals surface area contributed by atoms with E-state index in [-0.39, 0.29) is 0 Å². The topological polar surface area (TPSA) is 15.3 Å². The Morgan fingerprint density at radius 2 is 1.59 bits per heavy atom. The molecular formula is C20H26N2. The fourth-order valence-corrected chi connectivity index (χ4v) is 3.25. The van der Waals surface area contributed by atoms with Crippen molar-refractivity contribution >= 4 is 0 Å². The molecule has 1 aliphatic heterocycles. The molecule has 1 fully saturated rings. The number of nitrogens with zero attached hydrogens (tertiary/aromatic N) is 1. The van der Waals surface area contributed by atoms with Crippen LogP contribution in [0.3, 0.4) is 0 Å². The van der Waals surface area contributed by atoms with E-state index in [1.54, 1.807) is 0 Å². The SMILES string of the molecule is CC1CCN(Cc2ccccc2)NCC1Cc1ccccc1. The molecule has 2 unspecified atom stereocenters. The summed E-state index contributed by atoms with van der Waals surface area (Å²) in [5.41, 5.74) is 6.50. The maximum Gasteiger partial charge on any atom is 0.0381 e. The molecule has 2 aromatic carbocycles. The van der Waals surface area contributed by atoms with E-state index < -0.39 is 0 Å². The normalized spacial score (nSPS) is 23.1. The first-order valence-electron chi connectivity index (χ1n) is 8.37. The quantitative estimate of drug-likeness (QED) is 0.920. The maximum absolute atomic E-state index is 3.66. The van der Waals surface area contributed by atoms with Gasteiger partial charge in [-0.3, -0.25) is 5.43 Å². The Bertz CT molecular complexity index is 552. The van der Waals surface area contributed by atoms with Gasteiger partial charge < -0.3 is 0 Å². The van der Waals surface area contributed by atoms with Gasteiger partial charge >= 0.3 is 0 Å². The van der Waals surface area contributed by atoms with Gasteiger partial charge in [0.1, 0.15) is 0 Å². The lowest BCUT2D eigenvalue weighted by Gasteiger charge is -2.22. The maximum atomic E-state index is 3.66. The van der Waals surface area contributed by atoms with Crippen molar-refractivity contribution in [2.75, 3.05) is 13.1 Å². The van der Waals surface area contributed by atoms with Gasteiger partial charge in [0, 0.05) is 19.6 Å². The van der Waals surface area contributed by atoms with Crippen LogP contribution in [0.1, 0.15) is 24.5 Å². The van der Waals surface area contributed by atoms with Gasteiger partial charge in [-0.05, 0) is 35.8 Å². The second kappa shape index (κ2) is 7.57. The van der Waals surface area contributed by atoms with Gasteiger partial charge in [0.05, 0.1) is 0 Å². The molecule has 3 rings (SSSR count). The van der Waals surface area contributed by atoms with Crippen LogP contribution in [0.15, 0.2) is 60.7 Å². The third kappa shape index (κ3) is 4.19. The summed E-state index contributed by atoms with van der Waals surface area (Å²) in [6.07, 6.45) is 2.44. The van der Waals surface area contributed by atoms with Crippen LogP contribution in [0.2, 0.25) is 0 Å². The molecule has 2 nitrogen and oxygen atoms in total. The van der Waals surface area contributed by atoms with Gasteiger partial charge in [-0.1, -0.05) is 67.6 Å². The summed E-state index contributed by atoms with van der Waals surface area (Å²) in [6, 6.07) is 21.6. The fraction of sp³-hybridized carbons (Fsp3) is 0.400. The van der Waals surface area contributed by atoms with Crippen molar-refractivity contribution in [1.29, 1.82) is 0 Å². The highest BCUT2D eigenvalue weighted by molar-refractivity contribution is 5.16. The second-order valence-electron chi connectivity index (χ2n) is 6.49. The van der Waals surface area contributed by atoms with Gasteiger partial charge in [0.25, 0.3) is 0 Å². The molecular weight excluding hydrogens is 268 g/mol. The summed E-state index contributed by atoms with van der Waals surface area (Å²) in [5, 5.41) is 2.39. The Morgan fingerprint density at radius 1 is 0.955 bits per heavy atom. The summed E-state index contributed by atoms with van der Waals surface area (Å²) >= 11 is 0. The summed E-state index contributed by atoms with van der Waals surface area (Å²) in [4.78, 5) is 0. The van der Waals surface area contributed by atoms with Crippen LogP contribution in [-0.2, 0) is 13.0 Å². The molecule has 116 valence electrons. The van der Waals surface area contributed by atoms with Crippen LogP contribution in [0.25, 0.3) is 0 Å². The van der Waals surface area contributed by atoms with Gasteiger partial charge in [-0.15, -0.1) is 0 Å². The van der Waals surface area contributed by atoms with Crippen LogP contribution < -0.4 is 5.43 Å². The molecule has 0 radical (unpaired) electrons. The third-order valence-electron chi connectivity index (χ3n) is 4.79. The molecule has 22 heavy (non-hydrogen) atoms. The third-order valence-corrected chi connectivity index (χ3v) is 4.79. The first-order valence-corrected chi connectivity index (χ1v) is 8.37. The lowest BCUT2D eigenvalue weighted by Crippen LogP contribution is -2.38. The molecule has 1 saturated heterocycles. The van der Waals surface area contributed by atoms with E-state index in [0.717, 1.165) is 25.6 Å². The average Bonchev–Trinajstić information content (AvgIpc) is 2.73. The summed E-state index contributed by atoms with van der Waals surface area (Å²) in [7, 11) is 0. The van der Waals surface area contributed by atoms with Crippen molar-refractivity contribution < 1.29 is 0 Å². The Morgan fingerprint density at radius 3 is 2.27 bits per heavy atom. The highest BCUT2D eigenvalue weighted by Gasteiger charge is 2.23. The Hall–Kier alpha value is -1.64. The largest absolute Gasteiger partial charge is 0.255 e. The van der Waals surface area contributed by atoms with Crippen molar-refractivity contribution in [2.24, 2.45) is 11.8 Å². The van der Waals surface area contributed by atoms with Crippen LogP contribution in [-0.4, -0.2) is 18.1 Å². The molecule has 2 atom stereocenters. The minimum atomic E-state index is 0.711. The number of hydrogen-bond donors (Lipinski definition) is 1. The molecule has 0 amide bonds. The first-order chi connectivity index (χ1) is 10.8. The zero-order valence-electron chi connectivity index (χ0n) is 13.4. The van der Waals surface area contributed by atoms with E-state index in [9.17, 15) is 0 Å². The van der Waals surface area contributed by atoms with Crippen molar-refractivity contribution in [3.8, 4) is 0 Å². The monoisotopic (exact) mass is 294 g/mol. The summed E-state index contributed by atoms with van der Waals surface area (Å²) < 4.78 is 0. The van der Waals surface area contributed by atoms with Crippen molar-refractivity contribution in [3.63, 3.8) is 0 Å². The van der Waals surface area contributed by atoms with Crippen LogP contribution in [0.5, 0.6) is 0 Å². The molecule has 1 N–H and O–H groups in total. The smallest absolute Gasteiger partial charge is 0.0381 e. The molecule has 0 saturated carbocycles. The van der Waals surface area contributed by atoms with Gasteiger partial charge in [-0.2, -0.15) is 0 Å².